The Hall–Kier alpha value is -1.05. The third-order valence-corrected chi connectivity index (χ3v) is 4.89. The number of aromatic amines is 1. The normalized spacial score (nSPS) is 19.2. The fourth-order valence-corrected chi connectivity index (χ4v) is 3.64. The summed E-state index contributed by atoms with van der Waals surface area (Å²) in [5, 5.41) is 8.21. The molecule has 3 heterocycles. The molecule has 0 spiro atoms. The molecule has 3 rings (SSSR count). The first-order valence-corrected chi connectivity index (χ1v) is 7.66. The van der Waals surface area contributed by atoms with Gasteiger partial charge in [-0.3, -0.25) is 5.10 Å². The molecule has 102 valence electrons. The average molecular weight is 296 g/mol. The Labute approximate surface area is 120 Å². The Kier molecular flexibility index (Phi) is 3.51. The smallest absolute Gasteiger partial charge is 0.195 e. The van der Waals surface area contributed by atoms with Crippen molar-refractivity contribution in [2.24, 2.45) is 7.05 Å². The predicted octanol–water partition coefficient (Wildman–Crippen LogP) is 3.02. The maximum absolute atomic E-state index is 5.72. The van der Waals surface area contributed by atoms with E-state index in [4.69, 9.17) is 21.9 Å². The molecule has 2 aromatic heterocycles. The number of nitrogens with zero attached hydrogens (tertiary/aromatic N) is 3. The summed E-state index contributed by atoms with van der Waals surface area (Å²) in [5.41, 5.74) is 1.08. The lowest BCUT2D eigenvalue weighted by molar-refractivity contribution is 0.111. The highest BCUT2D eigenvalue weighted by Gasteiger charge is 2.24. The lowest BCUT2D eigenvalue weighted by Crippen LogP contribution is -1.95. The second kappa shape index (κ2) is 5.15. The standard InChI is InChI=1S/C12H16N4OS2/c1-3-7-9(10-14-15-12(18)16(10)2)19-11(13-7)8-5-4-6-17-8/h8H,3-6H2,1-2H3,(H,15,18). The van der Waals surface area contributed by atoms with Gasteiger partial charge in [0.15, 0.2) is 10.6 Å². The summed E-state index contributed by atoms with van der Waals surface area (Å²) in [6, 6.07) is 0. The molecule has 0 radical (unpaired) electrons. The van der Waals surface area contributed by atoms with Crippen molar-refractivity contribution in [1.82, 2.24) is 19.7 Å². The van der Waals surface area contributed by atoms with E-state index in [1.165, 1.54) is 0 Å². The number of ether oxygens (including phenoxy) is 1. The number of hydrogen-bond acceptors (Lipinski definition) is 5. The van der Waals surface area contributed by atoms with E-state index in [1.807, 2.05) is 11.6 Å². The van der Waals surface area contributed by atoms with Gasteiger partial charge in [0.05, 0.1) is 10.6 Å². The van der Waals surface area contributed by atoms with Crippen molar-refractivity contribution in [1.29, 1.82) is 0 Å². The molecule has 1 saturated heterocycles. The maximum atomic E-state index is 5.72. The second-order valence-corrected chi connectivity index (χ2v) is 6.01. The highest BCUT2D eigenvalue weighted by molar-refractivity contribution is 7.71. The highest BCUT2D eigenvalue weighted by Crippen LogP contribution is 2.37. The lowest BCUT2D eigenvalue weighted by Gasteiger charge is -2.03. The van der Waals surface area contributed by atoms with Crippen LogP contribution >= 0.6 is 23.6 Å². The van der Waals surface area contributed by atoms with Crippen LogP contribution in [0.3, 0.4) is 0 Å². The topological polar surface area (TPSA) is 55.7 Å². The van der Waals surface area contributed by atoms with Crippen molar-refractivity contribution >= 4 is 23.6 Å². The molecular formula is C12H16N4OS2. The van der Waals surface area contributed by atoms with Crippen molar-refractivity contribution < 1.29 is 4.74 Å². The molecule has 7 heteroatoms. The fourth-order valence-electron chi connectivity index (χ4n) is 2.24. The summed E-state index contributed by atoms with van der Waals surface area (Å²) in [5.74, 6) is 0.864. The van der Waals surface area contributed by atoms with Crippen LogP contribution in [0.4, 0.5) is 0 Å². The number of H-pyrrole nitrogens is 1. The second-order valence-electron chi connectivity index (χ2n) is 4.59. The molecule has 1 unspecified atom stereocenters. The Bertz CT molecular complexity index is 636. The Morgan fingerprint density at radius 3 is 3.00 bits per heavy atom. The van der Waals surface area contributed by atoms with E-state index in [9.17, 15) is 0 Å². The van der Waals surface area contributed by atoms with Gasteiger partial charge in [0.1, 0.15) is 11.1 Å². The van der Waals surface area contributed by atoms with Gasteiger partial charge >= 0.3 is 0 Å². The van der Waals surface area contributed by atoms with Crippen LogP contribution < -0.4 is 0 Å². The van der Waals surface area contributed by atoms with Crippen LogP contribution in [-0.2, 0) is 18.2 Å². The van der Waals surface area contributed by atoms with Gasteiger partial charge in [0.2, 0.25) is 0 Å². The minimum absolute atomic E-state index is 0.163. The summed E-state index contributed by atoms with van der Waals surface area (Å²) in [7, 11) is 1.92. The molecule has 0 aliphatic carbocycles. The summed E-state index contributed by atoms with van der Waals surface area (Å²) in [6.45, 7) is 2.95. The summed E-state index contributed by atoms with van der Waals surface area (Å²) in [4.78, 5) is 5.83. The zero-order chi connectivity index (χ0) is 13.4. The zero-order valence-electron chi connectivity index (χ0n) is 11.0. The number of thiazole rings is 1. The minimum Gasteiger partial charge on any atom is -0.371 e. The molecule has 0 aromatic carbocycles. The number of aryl methyl sites for hydroxylation is 1. The number of nitrogens with one attached hydrogen (secondary N) is 1. The zero-order valence-corrected chi connectivity index (χ0v) is 12.6. The summed E-state index contributed by atoms with van der Waals surface area (Å²) in [6.07, 6.45) is 3.23. The van der Waals surface area contributed by atoms with Crippen LogP contribution in [0.25, 0.3) is 10.7 Å². The van der Waals surface area contributed by atoms with Gasteiger partial charge in [0.25, 0.3) is 0 Å². The Balaban J connectivity index is 2.05. The van der Waals surface area contributed by atoms with Crippen molar-refractivity contribution in [2.75, 3.05) is 6.61 Å². The average Bonchev–Trinajstić information content (AvgIpc) is 3.11. The monoisotopic (exact) mass is 296 g/mol. The minimum atomic E-state index is 0.163. The molecule has 1 N–H and O–H groups in total. The van der Waals surface area contributed by atoms with Crippen LogP contribution in [0.5, 0.6) is 0 Å². The quantitative estimate of drug-likeness (QED) is 0.885. The molecule has 1 atom stereocenters. The lowest BCUT2D eigenvalue weighted by atomic mass is 10.2. The van der Waals surface area contributed by atoms with Crippen LogP contribution in [-0.4, -0.2) is 26.4 Å². The van der Waals surface area contributed by atoms with Gasteiger partial charge in [-0.25, -0.2) is 4.98 Å². The van der Waals surface area contributed by atoms with Gasteiger partial charge in [-0.1, -0.05) is 6.92 Å². The van der Waals surface area contributed by atoms with Crippen molar-refractivity contribution in [3.63, 3.8) is 0 Å². The van der Waals surface area contributed by atoms with Gasteiger partial charge in [-0.2, -0.15) is 5.10 Å². The molecule has 1 aliphatic heterocycles. The highest BCUT2D eigenvalue weighted by atomic mass is 32.1. The third-order valence-electron chi connectivity index (χ3n) is 3.34. The summed E-state index contributed by atoms with van der Waals surface area (Å²) < 4.78 is 8.23. The molecule has 2 aromatic rings. The first-order chi connectivity index (χ1) is 9.20. The SMILES string of the molecule is CCc1nc(C2CCCO2)sc1-c1n[nH]c(=S)n1C. The van der Waals surface area contributed by atoms with E-state index < -0.39 is 0 Å². The number of rotatable bonds is 3. The third kappa shape index (κ3) is 2.26. The first-order valence-electron chi connectivity index (χ1n) is 6.43. The molecule has 0 amide bonds. The molecule has 1 aliphatic rings. The molecule has 1 fully saturated rings. The van der Waals surface area contributed by atoms with Gasteiger partial charge in [-0.15, -0.1) is 11.3 Å². The molecule has 0 bridgehead atoms. The predicted molar refractivity (Wildman–Crippen MR) is 76.8 cm³/mol. The van der Waals surface area contributed by atoms with Gasteiger partial charge in [0, 0.05) is 13.7 Å². The van der Waals surface area contributed by atoms with Crippen molar-refractivity contribution in [2.45, 2.75) is 32.3 Å². The number of hydrogen-bond donors (Lipinski definition) is 1. The van der Waals surface area contributed by atoms with Crippen LogP contribution in [0.1, 0.15) is 36.6 Å². The Morgan fingerprint density at radius 1 is 1.58 bits per heavy atom. The van der Waals surface area contributed by atoms with Gasteiger partial charge in [-0.05, 0) is 31.5 Å². The van der Waals surface area contributed by atoms with E-state index in [1.54, 1.807) is 11.3 Å². The van der Waals surface area contributed by atoms with E-state index in [0.717, 1.165) is 47.3 Å². The number of aromatic nitrogens is 4. The van der Waals surface area contributed by atoms with E-state index in [2.05, 4.69) is 17.1 Å². The van der Waals surface area contributed by atoms with Crippen molar-refractivity contribution in [3.8, 4) is 10.7 Å². The summed E-state index contributed by atoms with van der Waals surface area (Å²) >= 11 is 6.85. The molecule has 0 saturated carbocycles. The Morgan fingerprint density at radius 2 is 2.42 bits per heavy atom. The first kappa shape index (κ1) is 13.0. The largest absolute Gasteiger partial charge is 0.371 e. The molecule has 5 nitrogen and oxygen atoms in total. The van der Waals surface area contributed by atoms with Crippen LogP contribution in [0.2, 0.25) is 0 Å². The molecular weight excluding hydrogens is 280 g/mol. The van der Waals surface area contributed by atoms with E-state index in [0.29, 0.717) is 4.77 Å². The van der Waals surface area contributed by atoms with Crippen molar-refractivity contribution in [3.05, 3.63) is 15.5 Å². The van der Waals surface area contributed by atoms with E-state index >= 15 is 0 Å². The van der Waals surface area contributed by atoms with Crippen LogP contribution in [0, 0.1) is 4.77 Å². The fraction of sp³-hybridized carbons (Fsp3) is 0.583. The van der Waals surface area contributed by atoms with E-state index in [-0.39, 0.29) is 6.10 Å². The van der Waals surface area contributed by atoms with Crippen LogP contribution in [0.15, 0.2) is 0 Å². The van der Waals surface area contributed by atoms with Gasteiger partial charge < -0.3 is 9.30 Å². The maximum Gasteiger partial charge on any atom is 0.195 e. The molecule has 19 heavy (non-hydrogen) atoms.